The average molecular weight is 195 g/mol. The van der Waals surface area contributed by atoms with Crippen LogP contribution in [0.15, 0.2) is 10.9 Å². The van der Waals surface area contributed by atoms with Crippen molar-refractivity contribution in [2.45, 2.75) is 13.0 Å². The number of nitrogens with zero attached hydrogens (tertiary/aromatic N) is 1. The van der Waals surface area contributed by atoms with Crippen LogP contribution in [0.25, 0.3) is 0 Å². The van der Waals surface area contributed by atoms with Gasteiger partial charge in [0.2, 0.25) is 0 Å². The Balaban J connectivity index is 2.26. The van der Waals surface area contributed by atoms with Gasteiger partial charge in [0.15, 0.2) is 0 Å². The number of aromatic nitrogens is 2. The molecule has 14 heavy (non-hydrogen) atoms. The van der Waals surface area contributed by atoms with Gasteiger partial charge in [0.05, 0.1) is 12.3 Å². The van der Waals surface area contributed by atoms with E-state index in [1.165, 1.54) is 6.07 Å². The number of aryl methyl sites for hydroxylation is 1. The highest BCUT2D eigenvalue weighted by Gasteiger charge is 2.17. The lowest BCUT2D eigenvalue weighted by Crippen LogP contribution is -2.34. The van der Waals surface area contributed by atoms with Gasteiger partial charge in [-0.05, 0) is 6.92 Å². The normalized spacial score (nSPS) is 22.2. The first-order valence-electron chi connectivity index (χ1n) is 4.66. The summed E-state index contributed by atoms with van der Waals surface area (Å²) < 4.78 is 5.50. The molecule has 5 nitrogen and oxygen atoms in total. The maximum Gasteiger partial charge on any atom is 0.251 e. The molecule has 76 valence electrons. The van der Waals surface area contributed by atoms with Crippen LogP contribution in [0.2, 0.25) is 0 Å². The van der Waals surface area contributed by atoms with Crippen molar-refractivity contribution in [1.82, 2.24) is 15.3 Å². The zero-order valence-corrected chi connectivity index (χ0v) is 8.04. The van der Waals surface area contributed by atoms with E-state index in [-0.39, 0.29) is 11.7 Å². The monoisotopic (exact) mass is 195 g/mol. The van der Waals surface area contributed by atoms with Crippen LogP contribution in [0, 0.1) is 6.92 Å². The first kappa shape index (κ1) is 9.36. The minimum absolute atomic E-state index is 0.0928. The molecule has 0 radical (unpaired) electrons. The zero-order chi connectivity index (χ0) is 9.97. The molecule has 5 heteroatoms. The molecule has 0 saturated carbocycles. The van der Waals surface area contributed by atoms with E-state index in [1.807, 2.05) is 0 Å². The van der Waals surface area contributed by atoms with E-state index >= 15 is 0 Å². The van der Waals surface area contributed by atoms with Crippen molar-refractivity contribution in [3.63, 3.8) is 0 Å². The van der Waals surface area contributed by atoms with Gasteiger partial charge in [-0.3, -0.25) is 4.79 Å². The third-order valence-electron chi connectivity index (χ3n) is 2.14. The highest BCUT2D eigenvalue weighted by Crippen LogP contribution is 2.14. The lowest BCUT2D eigenvalue weighted by Gasteiger charge is -2.22. The molecule has 1 saturated heterocycles. The third-order valence-corrected chi connectivity index (χ3v) is 2.14. The number of morpholine rings is 1. The Morgan fingerprint density at radius 1 is 1.64 bits per heavy atom. The standard InChI is InChI=1S/C9H13N3O2/c1-6-11-7(4-9(13)12-6)8-5-10-2-3-14-8/h4,8,10H,2-3,5H2,1H3,(H,11,12,13). The molecule has 1 fully saturated rings. The molecule has 0 aromatic carbocycles. The Morgan fingerprint density at radius 2 is 2.50 bits per heavy atom. The Bertz CT molecular complexity index is 369. The van der Waals surface area contributed by atoms with Gasteiger partial charge in [-0.25, -0.2) is 4.98 Å². The van der Waals surface area contributed by atoms with E-state index in [2.05, 4.69) is 15.3 Å². The minimum Gasteiger partial charge on any atom is -0.369 e. The Hall–Kier alpha value is -1.20. The zero-order valence-electron chi connectivity index (χ0n) is 8.04. The summed E-state index contributed by atoms with van der Waals surface area (Å²) >= 11 is 0. The second-order valence-corrected chi connectivity index (χ2v) is 3.32. The molecule has 1 aliphatic heterocycles. The summed E-state index contributed by atoms with van der Waals surface area (Å²) in [5.74, 6) is 0.627. The van der Waals surface area contributed by atoms with Crippen molar-refractivity contribution in [3.05, 3.63) is 27.9 Å². The molecule has 2 heterocycles. The smallest absolute Gasteiger partial charge is 0.251 e. The van der Waals surface area contributed by atoms with Crippen molar-refractivity contribution in [2.24, 2.45) is 0 Å². The summed E-state index contributed by atoms with van der Waals surface area (Å²) in [5.41, 5.74) is 0.583. The lowest BCUT2D eigenvalue weighted by atomic mass is 10.2. The number of nitrogens with one attached hydrogen (secondary N) is 2. The van der Waals surface area contributed by atoms with Crippen LogP contribution in [0.1, 0.15) is 17.6 Å². The number of hydrogen-bond donors (Lipinski definition) is 2. The molecule has 1 unspecified atom stereocenters. The van der Waals surface area contributed by atoms with Crippen LogP contribution in [-0.4, -0.2) is 29.7 Å². The van der Waals surface area contributed by atoms with Gasteiger partial charge in [-0.1, -0.05) is 0 Å². The predicted molar refractivity (Wildman–Crippen MR) is 51.2 cm³/mol. The number of hydrogen-bond acceptors (Lipinski definition) is 4. The Kier molecular flexibility index (Phi) is 2.60. The number of aromatic amines is 1. The van der Waals surface area contributed by atoms with Gasteiger partial charge in [0.25, 0.3) is 5.56 Å². The molecular formula is C9H13N3O2. The fraction of sp³-hybridized carbons (Fsp3) is 0.556. The van der Waals surface area contributed by atoms with Crippen molar-refractivity contribution in [1.29, 1.82) is 0 Å². The van der Waals surface area contributed by atoms with E-state index in [0.29, 0.717) is 18.1 Å². The number of rotatable bonds is 1. The maximum absolute atomic E-state index is 11.2. The van der Waals surface area contributed by atoms with Crippen LogP contribution in [0.5, 0.6) is 0 Å². The van der Waals surface area contributed by atoms with Crippen LogP contribution >= 0.6 is 0 Å². The van der Waals surface area contributed by atoms with Crippen molar-refractivity contribution in [3.8, 4) is 0 Å². The van der Waals surface area contributed by atoms with E-state index in [4.69, 9.17) is 4.74 Å². The Labute approximate surface area is 81.5 Å². The first-order valence-corrected chi connectivity index (χ1v) is 4.66. The Morgan fingerprint density at radius 3 is 3.14 bits per heavy atom. The average Bonchev–Trinajstić information content (AvgIpc) is 2.18. The van der Waals surface area contributed by atoms with Crippen LogP contribution < -0.4 is 10.9 Å². The summed E-state index contributed by atoms with van der Waals surface area (Å²) in [7, 11) is 0. The molecule has 2 rings (SSSR count). The van der Waals surface area contributed by atoms with E-state index < -0.39 is 0 Å². The van der Waals surface area contributed by atoms with Gasteiger partial charge in [-0.2, -0.15) is 0 Å². The summed E-state index contributed by atoms with van der Waals surface area (Å²) in [6.45, 7) is 4.01. The van der Waals surface area contributed by atoms with Gasteiger partial charge < -0.3 is 15.0 Å². The third kappa shape index (κ3) is 2.00. The molecule has 0 spiro atoms. The largest absolute Gasteiger partial charge is 0.369 e. The fourth-order valence-corrected chi connectivity index (χ4v) is 1.52. The molecule has 0 aliphatic carbocycles. The van der Waals surface area contributed by atoms with Crippen LogP contribution in [0.3, 0.4) is 0 Å². The van der Waals surface area contributed by atoms with Crippen molar-refractivity contribution < 1.29 is 4.74 Å². The maximum atomic E-state index is 11.2. The number of ether oxygens (including phenoxy) is 1. The first-order chi connectivity index (χ1) is 6.75. The van der Waals surface area contributed by atoms with E-state index in [9.17, 15) is 4.79 Å². The molecule has 0 amide bonds. The second kappa shape index (κ2) is 3.89. The quantitative estimate of drug-likeness (QED) is 0.648. The number of H-pyrrole nitrogens is 1. The van der Waals surface area contributed by atoms with Crippen molar-refractivity contribution in [2.75, 3.05) is 19.7 Å². The summed E-state index contributed by atoms with van der Waals surface area (Å²) in [6, 6.07) is 1.49. The predicted octanol–water partition coefficient (Wildman–Crippen LogP) is -0.261. The summed E-state index contributed by atoms with van der Waals surface area (Å²) in [5, 5.41) is 3.19. The van der Waals surface area contributed by atoms with Gasteiger partial charge in [-0.15, -0.1) is 0 Å². The van der Waals surface area contributed by atoms with Gasteiger partial charge in [0.1, 0.15) is 11.9 Å². The van der Waals surface area contributed by atoms with E-state index in [0.717, 1.165) is 13.1 Å². The molecular weight excluding hydrogens is 182 g/mol. The summed E-state index contributed by atoms with van der Waals surface area (Å²) in [4.78, 5) is 18.0. The molecule has 0 bridgehead atoms. The van der Waals surface area contributed by atoms with Gasteiger partial charge >= 0.3 is 0 Å². The highest BCUT2D eigenvalue weighted by molar-refractivity contribution is 5.06. The van der Waals surface area contributed by atoms with Crippen LogP contribution in [0.4, 0.5) is 0 Å². The molecule has 1 aliphatic rings. The molecule has 2 N–H and O–H groups in total. The molecule has 1 atom stereocenters. The highest BCUT2D eigenvalue weighted by atomic mass is 16.5. The van der Waals surface area contributed by atoms with Crippen molar-refractivity contribution >= 4 is 0 Å². The SMILES string of the molecule is Cc1nc(C2CNCCO2)cc(=O)[nH]1. The molecule has 1 aromatic heterocycles. The van der Waals surface area contributed by atoms with Gasteiger partial charge in [0, 0.05) is 19.2 Å². The minimum atomic E-state index is -0.123. The second-order valence-electron chi connectivity index (χ2n) is 3.32. The molecule has 1 aromatic rings. The van der Waals surface area contributed by atoms with E-state index in [1.54, 1.807) is 6.92 Å². The van der Waals surface area contributed by atoms with Crippen LogP contribution in [-0.2, 0) is 4.74 Å². The lowest BCUT2D eigenvalue weighted by molar-refractivity contribution is 0.0248. The fourth-order valence-electron chi connectivity index (χ4n) is 1.52. The summed E-state index contributed by atoms with van der Waals surface area (Å²) in [6.07, 6.45) is -0.0928. The topological polar surface area (TPSA) is 67.0 Å².